The highest BCUT2D eigenvalue weighted by atomic mass is 16.5. The fourth-order valence-electron chi connectivity index (χ4n) is 3.25. The van der Waals surface area contributed by atoms with Crippen molar-refractivity contribution in [2.75, 3.05) is 28.4 Å². The van der Waals surface area contributed by atoms with Crippen LogP contribution in [0.5, 0.6) is 11.5 Å². The maximum atomic E-state index is 13.4. The van der Waals surface area contributed by atoms with Gasteiger partial charge in [-0.1, -0.05) is 42.5 Å². The largest absolute Gasteiger partial charge is 0.493 e. The summed E-state index contributed by atoms with van der Waals surface area (Å²) in [5.41, 5.74) is 1.41. The van der Waals surface area contributed by atoms with Crippen molar-refractivity contribution >= 4 is 22.7 Å². The Hall–Kier alpha value is -3.54. The Kier molecular flexibility index (Phi) is 5.49. The van der Waals surface area contributed by atoms with Crippen LogP contribution in [0.2, 0.25) is 0 Å². The Labute approximate surface area is 163 Å². The lowest BCUT2D eigenvalue weighted by Gasteiger charge is -2.24. The summed E-state index contributed by atoms with van der Waals surface area (Å²) >= 11 is 0. The smallest absolute Gasteiger partial charge is 0.233 e. The molecule has 0 saturated heterocycles. The first-order valence-corrected chi connectivity index (χ1v) is 8.51. The molecule has 28 heavy (non-hydrogen) atoms. The van der Waals surface area contributed by atoms with Crippen molar-refractivity contribution in [1.82, 2.24) is 0 Å². The highest BCUT2D eigenvalue weighted by Crippen LogP contribution is 2.43. The van der Waals surface area contributed by atoms with E-state index in [-0.39, 0.29) is 22.7 Å². The van der Waals surface area contributed by atoms with Crippen LogP contribution in [0.15, 0.2) is 60.0 Å². The normalized spacial score (nSPS) is 14.3. The molecule has 1 aliphatic rings. The summed E-state index contributed by atoms with van der Waals surface area (Å²) in [7, 11) is 5.64. The number of ether oxygens (including phenoxy) is 4. The lowest BCUT2D eigenvalue weighted by molar-refractivity contribution is -0.118. The molecule has 6 nitrogen and oxygen atoms in total. The Morgan fingerprint density at radius 3 is 1.75 bits per heavy atom. The van der Waals surface area contributed by atoms with E-state index in [0.717, 1.165) is 0 Å². The molecule has 144 valence electrons. The van der Waals surface area contributed by atoms with E-state index in [0.29, 0.717) is 22.6 Å². The average Bonchev–Trinajstić information content (AvgIpc) is 2.74. The first-order chi connectivity index (χ1) is 13.6. The van der Waals surface area contributed by atoms with Gasteiger partial charge in [0.1, 0.15) is 0 Å². The van der Waals surface area contributed by atoms with E-state index in [9.17, 15) is 9.59 Å². The number of benzene rings is 2. The summed E-state index contributed by atoms with van der Waals surface area (Å²) in [6.07, 6.45) is 0. The van der Waals surface area contributed by atoms with E-state index < -0.39 is 11.6 Å². The molecule has 0 aliphatic heterocycles. The summed E-state index contributed by atoms with van der Waals surface area (Å²) in [6, 6.07) is 14.1. The molecule has 0 aromatic heterocycles. The third-order valence-electron chi connectivity index (χ3n) is 4.47. The predicted octanol–water partition coefficient (Wildman–Crippen LogP) is 3.27. The molecule has 1 aliphatic carbocycles. The van der Waals surface area contributed by atoms with Crippen molar-refractivity contribution in [1.29, 1.82) is 0 Å². The second-order valence-corrected chi connectivity index (χ2v) is 5.88. The van der Waals surface area contributed by atoms with E-state index >= 15 is 0 Å². The molecular weight excluding hydrogens is 360 g/mol. The Morgan fingerprint density at radius 2 is 1.21 bits per heavy atom. The highest BCUT2D eigenvalue weighted by molar-refractivity contribution is 6.50. The molecule has 2 aromatic rings. The Morgan fingerprint density at radius 1 is 0.607 bits per heavy atom. The quantitative estimate of drug-likeness (QED) is 0.717. The van der Waals surface area contributed by atoms with Crippen molar-refractivity contribution < 1.29 is 28.5 Å². The standard InChI is InChI=1S/C22H20O6/c1-25-15-12-8-11-14(20(15)26-2)17-16(13-9-6-5-7-10-13)18(23)21(27-3)22(28-4)19(17)24/h5-12H,1-4H3. The van der Waals surface area contributed by atoms with Crippen molar-refractivity contribution in [3.63, 3.8) is 0 Å². The van der Waals surface area contributed by atoms with Crippen LogP contribution in [0.25, 0.3) is 11.1 Å². The molecule has 2 aromatic carbocycles. The topological polar surface area (TPSA) is 71.1 Å². The fourth-order valence-corrected chi connectivity index (χ4v) is 3.25. The monoisotopic (exact) mass is 380 g/mol. The summed E-state index contributed by atoms with van der Waals surface area (Å²) in [5.74, 6) is -0.384. The summed E-state index contributed by atoms with van der Waals surface area (Å²) in [5, 5.41) is 0. The van der Waals surface area contributed by atoms with Gasteiger partial charge in [-0.15, -0.1) is 0 Å². The number of carbonyl (C=O) groups is 2. The summed E-state index contributed by atoms with van der Waals surface area (Å²) < 4.78 is 21.3. The average molecular weight is 380 g/mol. The SMILES string of the molecule is COC1=C(OC)C(=O)C(c2cccc(OC)c2OC)=C(c2ccccc2)C1=O. The fraction of sp³-hybridized carbons (Fsp3) is 0.182. The number of hydrogen-bond donors (Lipinski definition) is 0. The zero-order valence-corrected chi connectivity index (χ0v) is 16.1. The van der Waals surface area contributed by atoms with Crippen LogP contribution in [0.1, 0.15) is 11.1 Å². The van der Waals surface area contributed by atoms with Crippen LogP contribution < -0.4 is 9.47 Å². The molecular formula is C22H20O6. The Bertz CT molecular complexity index is 985. The van der Waals surface area contributed by atoms with Crippen LogP contribution in [0, 0.1) is 0 Å². The minimum Gasteiger partial charge on any atom is -0.493 e. The van der Waals surface area contributed by atoms with Gasteiger partial charge in [0, 0.05) is 16.7 Å². The van der Waals surface area contributed by atoms with Gasteiger partial charge in [-0.05, 0) is 11.6 Å². The zero-order chi connectivity index (χ0) is 20.3. The van der Waals surface area contributed by atoms with Gasteiger partial charge in [-0.25, -0.2) is 0 Å². The van der Waals surface area contributed by atoms with E-state index in [4.69, 9.17) is 18.9 Å². The highest BCUT2D eigenvalue weighted by Gasteiger charge is 2.39. The summed E-state index contributed by atoms with van der Waals surface area (Å²) in [6.45, 7) is 0. The molecule has 0 heterocycles. The van der Waals surface area contributed by atoms with Gasteiger partial charge < -0.3 is 18.9 Å². The van der Waals surface area contributed by atoms with Crippen molar-refractivity contribution in [2.24, 2.45) is 0 Å². The van der Waals surface area contributed by atoms with Crippen molar-refractivity contribution in [3.05, 3.63) is 71.2 Å². The van der Waals surface area contributed by atoms with Crippen LogP contribution in [0.3, 0.4) is 0 Å². The number of para-hydroxylation sites is 1. The number of carbonyl (C=O) groups excluding carboxylic acids is 2. The third kappa shape index (κ3) is 3.03. The van der Waals surface area contributed by atoms with Crippen molar-refractivity contribution in [2.45, 2.75) is 0 Å². The molecule has 0 saturated carbocycles. The molecule has 0 spiro atoms. The van der Waals surface area contributed by atoms with Crippen LogP contribution in [0.4, 0.5) is 0 Å². The lowest BCUT2D eigenvalue weighted by atomic mass is 9.83. The van der Waals surface area contributed by atoms with Crippen molar-refractivity contribution in [3.8, 4) is 11.5 Å². The lowest BCUT2D eigenvalue weighted by Crippen LogP contribution is -2.25. The third-order valence-corrected chi connectivity index (χ3v) is 4.47. The van der Waals surface area contributed by atoms with Gasteiger partial charge in [-0.3, -0.25) is 9.59 Å². The van der Waals surface area contributed by atoms with Gasteiger partial charge in [0.05, 0.1) is 28.4 Å². The zero-order valence-electron chi connectivity index (χ0n) is 16.1. The molecule has 0 bridgehead atoms. The second kappa shape index (κ2) is 8.00. The molecule has 0 fully saturated rings. The minimum atomic E-state index is -0.468. The Balaban J connectivity index is 2.39. The molecule has 0 atom stereocenters. The second-order valence-electron chi connectivity index (χ2n) is 5.88. The number of ketones is 2. The molecule has 0 amide bonds. The van der Waals surface area contributed by atoms with E-state index in [2.05, 4.69) is 0 Å². The first kappa shape index (κ1) is 19.2. The molecule has 6 heteroatoms. The van der Waals surface area contributed by atoms with Crippen LogP contribution >= 0.6 is 0 Å². The van der Waals surface area contributed by atoms with E-state index in [1.165, 1.54) is 28.4 Å². The first-order valence-electron chi connectivity index (χ1n) is 8.51. The number of methoxy groups -OCH3 is 4. The maximum Gasteiger partial charge on any atom is 0.233 e. The van der Waals surface area contributed by atoms with Gasteiger partial charge in [0.25, 0.3) is 0 Å². The molecule has 0 unspecified atom stereocenters. The van der Waals surface area contributed by atoms with Crippen LogP contribution in [-0.2, 0) is 19.1 Å². The molecule has 3 rings (SSSR count). The number of rotatable bonds is 6. The van der Waals surface area contributed by atoms with Gasteiger partial charge in [0.15, 0.2) is 11.5 Å². The number of Topliss-reactive ketones (excluding diaryl/α,β-unsaturated/α-hetero) is 2. The molecule has 0 N–H and O–H groups in total. The van der Waals surface area contributed by atoms with Gasteiger partial charge in [0.2, 0.25) is 23.1 Å². The van der Waals surface area contributed by atoms with Gasteiger partial charge in [-0.2, -0.15) is 0 Å². The van der Waals surface area contributed by atoms with E-state index in [1.54, 1.807) is 42.5 Å². The van der Waals surface area contributed by atoms with Gasteiger partial charge >= 0.3 is 0 Å². The predicted molar refractivity (Wildman–Crippen MR) is 104 cm³/mol. The minimum absolute atomic E-state index is 0.128. The van der Waals surface area contributed by atoms with E-state index in [1.807, 2.05) is 6.07 Å². The molecule has 0 radical (unpaired) electrons. The number of hydrogen-bond acceptors (Lipinski definition) is 6. The maximum absolute atomic E-state index is 13.4. The summed E-state index contributed by atoms with van der Waals surface area (Å²) in [4.78, 5) is 26.6. The number of allylic oxidation sites excluding steroid dienone is 2. The van der Waals surface area contributed by atoms with Crippen LogP contribution in [-0.4, -0.2) is 40.0 Å².